The van der Waals surface area contributed by atoms with Crippen molar-refractivity contribution in [3.8, 4) is 0 Å². The van der Waals surface area contributed by atoms with Crippen LogP contribution in [-0.4, -0.2) is 18.8 Å². The number of esters is 1. The molecular formula is C10H8BrF3O2. The van der Waals surface area contributed by atoms with Crippen molar-refractivity contribution < 1.29 is 22.7 Å². The summed E-state index contributed by atoms with van der Waals surface area (Å²) in [6, 6.07) is 7.05. The van der Waals surface area contributed by atoms with Crippen molar-refractivity contribution in [2.75, 3.05) is 6.61 Å². The van der Waals surface area contributed by atoms with E-state index in [1.165, 1.54) is 0 Å². The van der Waals surface area contributed by atoms with Gasteiger partial charge in [0.15, 0.2) is 0 Å². The number of benzene rings is 1. The second kappa shape index (κ2) is 5.34. The number of alkyl halides is 3. The first-order valence-electron chi connectivity index (χ1n) is 4.38. The summed E-state index contributed by atoms with van der Waals surface area (Å²) >= 11 is 3.23. The number of carbonyl (C=O) groups is 1. The predicted molar refractivity (Wildman–Crippen MR) is 54.9 cm³/mol. The lowest BCUT2D eigenvalue weighted by atomic mass is 10.2. The topological polar surface area (TPSA) is 26.3 Å². The summed E-state index contributed by atoms with van der Waals surface area (Å²) in [5, 5.41) is 0. The van der Waals surface area contributed by atoms with Crippen LogP contribution < -0.4 is 0 Å². The largest absolute Gasteiger partial charge is 0.490 e. The molecule has 0 aliphatic carbocycles. The molecule has 0 fully saturated rings. The normalized spacial score (nSPS) is 11.2. The highest BCUT2D eigenvalue weighted by Crippen LogP contribution is 2.17. The molecule has 6 heteroatoms. The maximum Gasteiger partial charge on any atom is 0.490 e. The van der Waals surface area contributed by atoms with Gasteiger partial charge >= 0.3 is 12.1 Å². The SMILES string of the molecule is O=C(OCCc1cccc(Br)c1)C(F)(F)F. The zero-order valence-electron chi connectivity index (χ0n) is 8.05. The van der Waals surface area contributed by atoms with E-state index in [-0.39, 0.29) is 13.0 Å². The van der Waals surface area contributed by atoms with Gasteiger partial charge in [0, 0.05) is 10.9 Å². The van der Waals surface area contributed by atoms with Gasteiger partial charge in [-0.05, 0) is 17.7 Å². The van der Waals surface area contributed by atoms with Gasteiger partial charge in [0.05, 0.1) is 6.61 Å². The van der Waals surface area contributed by atoms with E-state index in [1.807, 2.05) is 0 Å². The minimum Gasteiger partial charge on any atom is -0.459 e. The third kappa shape index (κ3) is 4.22. The predicted octanol–water partition coefficient (Wildman–Crippen LogP) is 3.10. The smallest absolute Gasteiger partial charge is 0.459 e. The van der Waals surface area contributed by atoms with Gasteiger partial charge in [-0.25, -0.2) is 4.79 Å². The highest BCUT2D eigenvalue weighted by Gasteiger charge is 2.40. The van der Waals surface area contributed by atoms with Gasteiger partial charge in [0.2, 0.25) is 0 Å². The van der Waals surface area contributed by atoms with E-state index in [0.29, 0.717) is 0 Å². The fourth-order valence-corrected chi connectivity index (χ4v) is 1.48. The first kappa shape index (κ1) is 13.0. The fourth-order valence-electron chi connectivity index (χ4n) is 1.04. The molecule has 0 unspecified atom stereocenters. The summed E-state index contributed by atoms with van der Waals surface area (Å²) in [6.45, 7) is -0.283. The van der Waals surface area contributed by atoms with Crippen molar-refractivity contribution in [1.29, 1.82) is 0 Å². The summed E-state index contributed by atoms with van der Waals surface area (Å²) < 4.78 is 40.2. The highest BCUT2D eigenvalue weighted by atomic mass is 79.9. The van der Waals surface area contributed by atoms with Crippen molar-refractivity contribution in [3.05, 3.63) is 34.3 Å². The average molecular weight is 297 g/mol. The monoisotopic (exact) mass is 296 g/mol. The molecule has 1 aromatic carbocycles. The molecule has 2 nitrogen and oxygen atoms in total. The fraction of sp³-hybridized carbons (Fsp3) is 0.300. The molecule has 0 radical (unpaired) electrons. The third-order valence-corrected chi connectivity index (χ3v) is 2.24. The Morgan fingerprint density at radius 3 is 2.62 bits per heavy atom. The lowest BCUT2D eigenvalue weighted by molar-refractivity contribution is -0.199. The summed E-state index contributed by atoms with van der Waals surface area (Å²) in [5.74, 6) is -2.15. The van der Waals surface area contributed by atoms with Gasteiger partial charge in [-0.1, -0.05) is 28.1 Å². The molecule has 0 amide bonds. The zero-order chi connectivity index (χ0) is 12.2. The molecule has 0 atom stereocenters. The van der Waals surface area contributed by atoms with Crippen LogP contribution in [0.1, 0.15) is 5.56 Å². The summed E-state index contributed by atoms with van der Waals surface area (Å²) in [5.41, 5.74) is 0.796. The highest BCUT2D eigenvalue weighted by molar-refractivity contribution is 9.10. The molecular weight excluding hydrogens is 289 g/mol. The van der Waals surface area contributed by atoms with E-state index in [9.17, 15) is 18.0 Å². The molecule has 1 rings (SSSR count). The third-order valence-electron chi connectivity index (χ3n) is 1.74. The van der Waals surface area contributed by atoms with Crippen LogP contribution in [-0.2, 0) is 16.0 Å². The van der Waals surface area contributed by atoms with Crippen LogP contribution in [0, 0.1) is 0 Å². The summed E-state index contributed by atoms with van der Waals surface area (Å²) in [6.07, 6.45) is -4.67. The molecule has 16 heavy (non-hydrogen) atoms. The van der Waals surface area contributed by atoms with Gasteiger partial charge in [-0.15, -0.1) is 0 Å². The van der Waals surface area contributed by atoms with Crippen molar-refractivity contribution >= 4 is 21.9 Å². The lowest BCUT2D eigenvalue weighted by Crippen LogP contribution is -2.26. The molecule has 0 aromatic heterocycles. The van der Waals surface area contributed by atoms with Crippen LogP contribution >= 0.6 is 15.9 Å². The van der Waals surface area contributed by atoms with Crippen molar-refractivity contribution in [3.63, 3.8) is 0 Å². The molecule has 1 aromatic rings. The Kier molecular flexibility index (Phi) is 4.35. The Morgan fingerprint density at radius 1 is 1.38 bits per heavy atom. The van der Waals surface area contributed by atoms with E-state index in [2.05, 4.69) is 20.7 Å². The molecule has 0 bridgehead atoms. The van der Waals surface area contributed by atoms with Crippen LogP contribution in [0.5, 0.6) is 0 Å². The van der Waals surface area contributed by atoms with Crippen LogP contribution in [0.2, 0.25) is 0 Å². The van der Waals surface area contributed by atoms with Gasteiger partial charge in [-0.3, -0.25) is 0 Å². The number of rotatable bonds is 3. The first-order valence-corrected chi connectivity index (χ1v) is 5.17. The summed E-state index contributed by atoms with van der Waals surface area (Å²) in [4.78, 5) is 10.4. The van der Waals surface area contributed by atoms with E-state index < -0.39 is 12.1 Å². The maximum absolute atomic E-state index is 11.8. The minimum absolute atomic E-state index is 0.251. The van der Waals surface area contributed by atoms with Crippen LogP contribution in [0.25, 0.3) is 0 Å². The number of hydrogen-bond acceptors (Lipinski definition) is 2. The average Bonchev–Trinajstić information content (AvgIpc) is 2.16. The molecule has 0 aliphatic rings. The molecule has 0 spiro atoms. The van der Waals surface area contributed by atoms with Crippen molar-refractivity contribution in [2.45, 2.75) is 12.6 Å². The standard InChI is InChI=1S/C10H8BrF3O2/c11-8-3-1-2-7(6-8)4-5-16-9(15)10(12,13)14/h1-3,6H,4-5H2. The van der Waals surface area contributed by atoms with E-state index >= 15 is 0 Å². The molecule has 0 N–H and O–H groups in total. The number of ether oxygens (including phenoxy) is 1. The van der Waals surface area contributed by atoms with Gasteiger partial charge in [0.25, 0.3) is 0 Å². The van der Waals surface area contributed by atoms with Crippen molar-refractivity contribution in [1.82, 2.24) is 0 Å². The Hall–Kier alpha value is -1.04. The zero-order valence-corrected chi connectivity index (χ0v) is 9.64. The quantitative estimate of drug-likeness (QED) is 0.801. The molecule has 0 heterocycles. The Balaban J connectivity index is 2.39. The van der Waals surface area contributed by atoms with Gasteiger partial charge in [-0.2, -0.15) is 13.2 Å². The number of hydrogen-bond donors (Lipinski definition) is 0. The minimum atomic E-state index is -4.92. The Labute approximate surface area is 98.5 Å². The molecule has 0 aliphatic heterocycles. The van der Waals surface area contributed by atoms with E-state index in [1.54, 1.807) is 24.3 Å². The second-order valence-corrected chi connectivity index (χ2v) is 3.93. The summed E-state index contributed by atoms with van der Waals surface area (Å²) in [7, 11) is 0. The Morgan fingerprint density at radius 2 is 2.06 bits per heavy atom. The van der Waals surface area contributed by atoms with Crippen LogP contribution in [0.4, 0.5) is 13.2 Å². The number of halogens is 4. The van der Waals surface area contributed by atoms with E-state index in [0.717, 1.165) is 10.0 Å². The van der Waals surface area contributed by atoms with Crippen molar-refractivity contribution in [2.24, 2.45) is 0 Å². The number of carbonyl (C=O) groups excluding carboxylic acids is 1. The molecule has 88 valence electrons. The lowest BCUT2D eigenvalue weighted by Gasteiger charge is -2.07. The van der Waals surface area contributed by atoms with Crippen LogP contribution in [0.15, 0.2) is 28.7 Å². The first-order chi connectivity index (χ1) is 7.39. The van der Waals surface area contributed by atoms with E-state index in [4.69, 9.17) is 0 Å². The van der Waals surface area contributed by atoms with Gasteiger partial charge < -0.3 is 4.74 Å². The van der Waals surface area contributed by atoms with Crippen LogP contribution in [0.3, 0.4) is 0 Å². The van der Waals surface area contributed by atoms with Gasteiger partial charge in [0.1, 0.15) is 0 Å². The molecule has 0 saturated heterocycles. The Bertz CT molecular complexity index is 377. The maximum atomic E-state index is 11.8. The second-order valence-electron chi connectivity index (χ2n) is 3.01. The molecule has 0 saturated carbocycles.